The van der Waals surface area contributed by atoms with Crippen LogP contribution in [-0.2, 0) is 0 Å². The number of ketones is 1. The number of hydrogen-bond donors (Lipinski definition) is 1. The number of nitrogens with one attached hydrogen (secondary N) is 1. The van der Waals surface area contributed by atoms with E-state index in [9.17, 15) is 4.79 Å². The molecule has 0 aliphatic heterocycles. The fraction of sp³-hybridized carbons (Fsp3) is 0.211. The zero-order valence-electron chi connectivity index (χ0n) is 14.3. The van der Waals surface area contributed by atoms with E-state index in [0.717, 1.165) is 5.69 Å². The number of ether oxygens (including phenoxy) is 3. The molecule has 0 bridgehead atoms. The second kappa shape index (κ2) is 8.06. The molecule has 2 rings (SSSR count). The third-order valence-electron chi connectivity index (χ3n) is 3.59. The predicted molar refractivity (Wildman–Crippen MR) is 95.5 cm³/mol. The van der Waals surface area contributed by atoms with Crippen molar-refractivity contribution in [2.24, 2.45) is 0 Å². The summed E-state index contributed by atoms with van der Waals surface area (Å²) in [4.78, 5) is 12.4. The maximum atomic E-state index is 12.4. The van der Waals surface area contributed by atoms with Gasteiger partial charge in [0.25, 0.3) is 0 Å². The lowest BCUT2D eigenvalue weighted by Gasteiger charge is -2.12. The first kappa shape index (κ1) is 17.4. The van der Waals surface area contributed by atoms with Gasteiger partial charge in [-0.05, 0) is 24.3 Å². The summed E-state index contributed by atoms with van der Waals surface area (Å²) in [6.07, 6.45) is 3.19. The Kier molecular flexibility index (Phi) is 5.84. The van der Waals surface area contributed by atoms with Crippen LogP contribution in [0.1, 0.15) is 15.9 Å². The van der Waals surface area contributed by atoms with Crippen molar-refractivity contribution >= 4 is 17.5 Å². The number of benzene rings is 2. The van der Waals surface area contributed by atoms with E-state index in [4.69, 9.17) is 14.2 Å². The quantitative estimate of drug-likeness (QED) is 0.621. The van der Waals surface area contributed by atoms with Crippen LogP contribution in [0.5, 0.6) is 17.2 Å². The van der Waals surface area contributed by atoms with Crippen LogP contribution in [0.4, 0.5) is 5.69 Å². The average Bonchev–Trinajstić information content (AvgIpc) is 2.65. The molecule has 0 fully saturated rings. The highest BCUT2D eigenvalue weighted by Gasteiger charge is 2.11. The Hall–Kier alpha value is -2.95. The molecule has 0 radical (unpaired) electrons. The number of carbonyl (C=O) groups is 1. The largest absolute Gasteiger partial charge is 0.496 e. The monoisotopic (exact) mass is 327 g/mol. The Morgan fingerprint density at radius 2 is 1.67 bits per heavy atom. The third-order valence-corrected chi connectivity index (χ3v) is 3.59. The molecule has 2 aromatic carbocycles. The summed E-state index contributed by atoms with van der Waals surface area (Å²) >= 11 is 0. The van der Waals surface area contributed by atoms with Crippen molar-refractivity contribution in [2.45, 2.75) is 0 Å². The lowest BCUT2D eigenvalue weighted by molar-refractivity contribution is 0.104. The highest BCUT2D eigenvalue weighted by Crippen LogP contribution is 2.35. The molecule has 0 saturated carbocycles. The van der Waals surface area contributed by atoms with Gasteiger partial charge in [-0.2, -0.15) is 0 Å². The fourth-order valence-electron chi connectivity index (χ4n) is 2.28. The summed E-state index contributed by atoms with van der Waals surface area (Å²) in [5, 5.41) is 3.01. The van der Waals surface area contributed by atoms with Crippen LogP contribution < -0.4 is 19.5 Å². The lowest BCUT2D eigenvalue weighted by atomic mass is 10.1. The van der Waals surface area contributed by atoms with Gasteiger partial charge in [-0.3, -0.25) is 4.79 Å². The summed E-state index contributed by atoms with van der Waals surface area (Å²) in [5.74, 6) is 1.65. The fourth-order valence-corrected chi connectivity index (χ4v) is 2.28. The highest BCUT2D eigenvalue weighted by atomic mass is 16.5. The van der Waals surface area contributed by atoms with Crippen molar-refractivity contribution in [1.82, 2.24) is 0 Å². The molecule has 0 heterocycles. The lowest BCUT2D eigenvalue weighted by Crippen LogP contribution is -1.98. The molecule has 5 nitrogen and oxygen atoms in total. The first-order chi connectivity index (χ1) is 11.6. The first-order valence-corrected chi connectivity index (χ1v) is 7.43. The van der Waals surface area contributed by atoms with Gasteiger partial charge in [-0.1, -0.05) is 12.1 Å². The molecule has 5 heteroatoms. The van der Waals surface area contributed by atoms with Crippen molar-refractivity contribution in [1.29, 1.82) is 0 Å². The Morgan fingerprint density at radius 1 is 1.00 bits per heavy atom. The second-order valence-corrected chi connectivity index (χ2v) is 4.97. The molecule has 24 heavy (non-hydrogen) atoms. The Balaban J connectivity index is 2.35. The molecular formula is C19H21NO4. The molecule has 0 saturated heterocycles. The molecule has 1 N–H and O–H groups in total. The van der Waals surface area contributed by atoms with Gasteiger partial charge in [0.2, 0.25) is 0 Å². The SMILES string of the molecule is CNc1cccc(C(=O)C=Cc2c(OC)cc(OC)cc2OC)c1. The third kappa shape index (κ3) is 3.87. The van der Waals surface area contributed by atoms with Gasteiger partial charge in [0.05, 0.1) is 26.9 Å². The van der Waals surface area contributed by atoms with Gasteiger partial charge in [0, 0.05) is 30.4 Å². The highest BCUT2D eigenvalue weighted by molar-refractivity contribution is 6.07. The van der Waals surface area contributed by atoms with Crippen LogP contribution in [0.3, 0.4) is 0 Å². The van der Waals surface area contributed by atoms with Gasteiger partial charge in [-0.15, -0.1) is 0 Å². The number of rotatable bonds is 7. The van der Waals surface area contributed by atoms with Crippen molar-refractivity contribution in [3.8, 4) is 17.2 Å². The van der Waals surface area contributed by atoms with Gasteiger partial charge in [0.15, 0.2) is 5.78 Å². The zero-order valence-corrected chi connectivity index (χ0v) is 14.3. The number of allylic oxidation sites excluding steroid dienone is 1. The summed E-state index contributed by atoms with van der Waals surface area (Å²) in [6.45, 7) is 0. The molecule has 0 aliphatic rings. The molecule has 2 aromatic rings. The second-order valence-electron chi connectivity index (χ2n) is 4.97. The summed E-state index contributed by atoms with van der Waals surface area (Å²) < 4.78 is 16.0. The van der Waals surface area contributed by atoms with E-state index in [2.05, 4.69) is 5.32 Å². The zero-order chi connectivity index (χ0) is 17.5. The Morgan fingerprint density at radius 3 is 2.21 bits per heavy atom. The molecule has 0 unspecified atom stereocenters. The van der Waals surface area contributed by atoms with E-state index in [1.54, 1.807) is 51.7 Å². The minimum absolute atomic E-state index is 0.105. The van der Waals surface area contributed by atoms with Crippen LogP contribution in [0, 0.1) is 0 Å². The normalized spacial score (nSPS) is 10.5. The summed E-state index contributed by atoms with van der Waals surface area (Å²) in [5.41, 5.74) is 2.16. The van der Waals surface area contributed by atoms with E-state index < -0.39 is 0 Å². The summed E-state index contributed by atoms with van der Waals surface area (Å²) in [7, 11) is 6.50. The minimum atomic E-state index is -0.105. The van der Waals surface area contributed by atoms with Crippen LogP contribution in [0.15, 0.2) is 42.5 Å². The molecule has 0 spiro atoms. The summed E-state index contributed by atoms with van der Waals surface area (Å²) in [6, 6.07) is 10.8. The molecular weight excluding hydrogens is 306 g/mol. The number of anilines is 1. The van der Waals surface area contributed by atoms with Gasteiger partial charge >= 0.3 is 0 Å². The maximum absolute atomic E-state index is 12.4. The average molecular weight is 327 g/mol. The number of hydrogen-bond acceptors (Lipinski definition) is 5. The number of carbonyl (C=O) groups excluding carboxylic acids is 1. The van der Waals surface area contributed by atoms with E-state index >= 15 is 0 Å². The van der Waals surface area contributed by atoms with E-state index in [-0.39, 0.29) is 5.78 Å². The predicted octanol–water partition coefficient (Wildman–Crippen LogP) is 3.65. The van der Waals surface area contributed by atoms with Crippen molar-refractivity contribution in [2.75, 3.05) is 33.7 Å². The molecule has 0 aromatic heterocycles. The molecule has 0 aliphatic carbocycles. The Labute approximate surface area is 141 Å². The van der Waals surface area contributed by atoms with Gasteiger partial charge < -0.3 is 19.5 Å². The topological polar surface area (TPSA) is 56.8 Å². The van der Waals surface area contributed by atoms with E-state index in [1.165, 1.54) is 6.08 Å². The Bertz CT molecular complexity index is 728. The molecule has 0 atom stereocenters. The van der Waals surface area contributed by atoms with Crippen molar-refractivity contribution in [3.05, 3.63) is 53.6 Å². The number of methoxy groups -OCH3 is 3. The smallest absolute Gasteiger partial charge is 0.185 e. The van der Waals surface area contributed by atoms with Crippen molar-refractivity contribution in [3.63, 3.8) is 0 Å². The van der Waals surface area contributed by atoms with Gasteiger partial charge in [0.1, 0.15) is 17.2 Å². The minimum Gasteiger partial charge on any atom is -0.496 e. The first-order valence-electron chi connectivity index (χ1n) is 7.43. The van der Waals surface area contributed by atoms with Crippen LogP contribution in [0.25, 0.3) is 6.08 Å². The van der Waals surface area contributed by atoms with E-state index in [1.807, 2.05) is 19.2 Å². The van der Waals surface area contributed by atoms with Gasteiger partial charge in [-0.25, -0.2) is 0 Å². The van der Waals surface area contributed by atoms with Crippen LogP contribution in [-0.4, -0.2) is 34.2 Å². The van der Waals surface area contributed by atoms with Crippen molar-refractivity contribution < 1.29 is 19.0 Å². The van der Waals surface area contributed by atoms with Crippen LogP contribution in [0.2, 0.25) is 0 Å². The van der Waals surface area contributed by atoms with E-state index in [0.29, 0.717) is 28.4 Å². The molecule has 126 valence electrons. The van der Waals surface area contributed by atoms with Crippen LogP contribution >= 0.6 is 0 Å². The standard InChI is InChI=1S/C19H21NO4/c1-20-14-7-5-6-13(10-14)17(21)9-8-16-18(23-3)11-15(22-2)12-19(16)24-4/h5-12,20H,1-4H3. The molecule has 0 amide bonds. The maximum Gasteiger partial charge on any atom is 0.185 e.